The number of pyridine rings is 3. The third-order valence-electron chi connectivity index (χ3n) is 3.91. The van der Waals surface area contributed by atoms with E-state index in [2.05, 4.69) is 15.0 Å². The topological polar surface area (TPSA) is 135 Å². The molecule has 10 nitrogen and oxygen atoms in total. The molecule has 0 unspecified atom stereocenters. The van der Waals surface area contributed by atoms with Crippen molar-refractivity contribution < 1.29 is 32.5 Å². The second kappa shape index (κ2) is 11.3. The fourth-order valence-corrected chi connectivity index (χ4v) is 3.38. The van der Waals surface area contributed by atoms with E-state index < -0.39 is 45.0 Å². The van der Waals surface area contributed by atoms with Crippen LogP contribution in [0.1, 0.15) is 31.5 Å². The van der Waals surface area contributed by atoms with Crippen LogP contribution in [-0.4, -0.2) is 52.1 Å². The van der Waals surface area contributed by atoms with Gasteiger partial charge in [-0.3, -0.25) is 42.9 Å². The second-order valence-electron chi connectivity index (χ2n) is 6.18. The zero-order valence-electron chi connectivity index (χ0n) is 16.7. The summed E-state index contributed by atoms with van der Waals surface area (Å²) >= 11 is 0. The number of ketones is 3. The van der Waals surface area contributed by atoms with Crippen molar-refractivity contribution in [2.45, 2.75) is 0 Å². The highest BCUT2D eigenvalue weighted by Gasteiger charge is 2.31. The van der Waals surface area contributed by atoms with Gasteiger partial charge in [0.15, 0.2) is 0 Å². The number of rotatable bonds is 12. The van der Waals surface area contributed by atoms with Crippen molar-refractivity contribution in [3.05, 3.63) is 90.3 Å². The number of carbonyl (C=O) groups is 3. The Morgan fingerprint density at radius 3 is 1.16 bits per heavy atom. The van der Waals surface area contributed by atoms with Gasteiger partial charge in [0.05, 0.1) is 0 Å². The van der Waals surface area contributed by atoms with Crippen molar-refractivity contribution in [1.82, 2.24) is 15.0 Å². The van der Waals surface area contributed by atoms with Crippen LogP contribution >= 0.6 is 7.82 Å². The van der Waals surface area contributed by atoms with Crippen LogP contribution in [0.4, 0.5) is 0 Å². The van der Waals surface area contributed by atoms with Crippen molar-refractivity contribution in [3.8, 4) is 0 Å². The van der Waals surface area contributed by atoms with E-state index in [1.165, 1.54) is 36.8 Å². The van der Waals surface area contributed by atoms with E-state index in [1.54, 1.807) is 36.4 Å². The largest absolute Gasteiger partial charge is 0.476 e. The fraction of sp³-hybridized carbons (Fsp3) is 0.143. The Morgan fingerprint density at radius 2 is 0.906 bits per heavy atom. The predicted octanol–water partition coefficient (Wildman–Crippen LogP) is 2.98. The lowest BCUT2D eigenvalue weighted by Crippen LogP contribution is -2.17. The Bertz CT molecular complexity index is 971. The van der Waals surface area contributed by atoms with Crippen LogP contribution in [0.2, 0.25) is 0 Å². The van der Waals surface area contributed by atoms with Crippen LogP contribution in [-0.2, 0) is 18.1 Å². The maximum absolute atomic E-state index is 13.0. The molecular formula is C21H18N3O7P. The van der Waals surface area contributed by atoms with Crippen LogP contribution in [0.25, 0.3) is 0 Å². The summed E-state index contributed by atoms with van der Waals surface area (Å²) in [5.41, 5.74) is 0.231. The molecule has 3 aromatic heterocycles. The van der Waals surface area contributed by atoms with E-state index in [9.17, 15) is 18.9 Å². The molecule has 0 saturated carbocycles. The SMILES string of the molecule is O=C(COP(=O)(OCC(=O)c1ccccn1)OCC(=O)c1ccccn1)c1ccccn1. The Kier molecular flexibility index (Phi) is 8.18. The summed E-state index contributed by atoms with van der Waals surface area (Å²) < 4.78 is 28.3. The molecule has 0 saturated heterocycles. The van der Waals surface area contributed by atoms with Crippen molar-refractivity contribution in [2.75, 3.05) is 19.8 Å². The lowest BCUT2D eigenvalue weighted by Gasteiger charge is -2.17. The first-order chi connectivity index (χ1) is 15.5. The molecule has 0 N–H and O–H groups in total. The van der Waals surface area contributed by atoms with E-state index in [1.807, 2.05) is 0 Å². The van der Waals surface area contributed by atoms with Crippen LogP contribution < -0.4 is 0 Å². The van der Waals surface area contributed by atoms with Gasteiger partial charge in [-0.25, -0.2) is 4.57 Å². The number of hydrogen-bond acceptors (Lipinski definition) is 10. The van der Waals surface area contributed by atoms with E-state index in [0.717, 1.165) is 0 Å². The minimum absolute atomic E-state index is 0.0770. The lowest BCUT2D eigenvalue weighted by molar-refractivity contribution is 0.0692. The highest BCUT2D eigenvalue weighted by atomic mass is 31.2. The summed E-state index contributed by atoms with van der Waals surface area (Å²) in [6.45, 7) is -2.11. The molecule has 0 bridgehead atoms. The van der Waals surface area contributed by atoms with E-state index in [-0.39, 0.29) is 17.1 Å². The first kappa shape index (κ1) is 23.2. The smallest absolute Gasteiger partial charge is 0.290 e. The minimum atomic E-state index is -4.49. The first-order valence-corrected chi connectivity index (χ1v) is 10.8. The highest BCUT2D eigenvalue weighted by Crippen LogP contribution is 2.49. The van der Waals surface area contributed by atoms with Gasteiger partial charge in [0.2, 0.25) is 17.3 Å². The zero-order chi connectivity index (χ0) is 22.8. The molecule has 32 heavy (non-hydrogen) atoms. The van der Waals surface area contributed by atoms with Crippen molar-refractivity contribution in [2.24, 2.45) is 0 Å². The number of hydrogen-bond donors (Lipinski definition) is 0. The molecule has 3 rings (SSSR count). The number of carbonyl (C=O) groups excluding carboxylic acids is 3. The third kappa shape index (κ3) is 6.79. The van der Waals surface area contributed by atoms with Gasteiger partial charge in [-0.1, -0.05) is 18.2 Å². The van der Waals surface area contributed by atoms with E-state index in [4.69, 9.17) is 13.6 Å². The monoisotopic (exact) mass is 455 g/mol. The summed E-state index contributed by atoms with van der Waals surface area (Å²) in [5.74, 6) is -1.78. The molecule has 0 amide bonds. The zero-order valence-corrected chi connectivity index (χ0v) is 17.6. The average molecular weight is 455 g/mol. The summed E-state index contributed by atoms with van der Waals surface area (Å²) in [5, 5.41) is 0. The molecule has 0 atom stereocenters. The summed E-state index contributed by atoms with van der Waals surface area (Å²) in [6.07, 6.45) is 4.24. The quantitative estimate of drug-likeness (QED) is 0.296. The fourth-order valence-electron chi connectivity index (χ4n) is 2.33. The molecule has 0 aliphatic rings. The molecule has 3 aromatic rings. The highest BCUT2D eigenvalue weighted by molar-refractivity contribution is 7.48. The molecule has 164 valence electrons. The molecule has 3 heterocycles. The Morgan fingerprint density at radius 1 is 0.594 bits per heavy atom. The van der Waals surface area contributed by atoms with Gasteiger partial charge < -0.3 is 0 Å². The van der Waals surface area contributed by atoms with Gasteiger partial charge in [0.1, 0.15) is 36.9 Å². The van der Waals surface area contributed by atoms with Gasteiger partial charge in [-0.2, -0.15) is 0 Å². The number of Topliss-reactive ketones (excluding diaryl/α,β-unsaturated/α-hetero) is 3. The Hall–Kier alpha value is -3.43. The summed E-state index contributed by atoms with van der Waals surface area (Å²) in [4.78, 5) is 48.4. The van der Waals surface area contributed by atoms with Gasteiger partial charge in [0.25, 0.3) is 0 Å². The molecule has 11 heteroatoms. The average Bonchev–Trinajstić information content (AvgIpc) is 2.86. The normalized spacial score (nSPS) is 11.1. The number of aromatic nitrogens is 3. The minimum Gasteiger partial charge on any atom is -0.290 e. The van der Waals surface area contributed by atoms with E-state index in [0.29, 0.717) is 0 Å². The van der Waals surface area contributed by atoms with Crippen molar-refractivity contribution >= 4 is 25.2 Å². The maximum Gasteiger partial charge on any atom is 0.476 e. The van der Waals surface area contributed by atoms with Crippen LogP contribution in [0.3, 0.4) is 0 Å². The molecule has 0 aromatic carbocycles. The van der Waals surface area contributed by atoms with Gasteiger partial charge >= 0.3 is 7.82 Å². The number of nitrogens with zero attached hydrogens (tertiary/aromatic N) is 3. The van der Waals surface area contributed by atoms with Crippen molar-refractivity contribution in [3.63, 3.8) is 0 Å². The molecular weight excluding hydrogens is 437 g/mol. The van der Waals surface area contributed by atoms with Gasteiger partial charge in [-0.15, -0.1) is 0 Å². The van der Waals surface area contributed by atoms with Crippen LogP contribution in [0, 0.1) is 0 Å². The third-order valence-corrected chi connectivity index (χ3v) is 5.25. The van der Waals surface area contributed by atoms with E-state index >= 15 is 0 Å². The van der Waals surface area contributed by atoms with Crippen molar-refractivity contribution in [1.29, 1.82) is 0 Å². The molecule has 0 radical (unpaired) electrons. The van der Waals surface area contributed by atoms with Crippen LogP contribution in [0.15, 0.2) is 73.2 Å². The van der Waals surface area contributed by atoms with Gasteiger partial charge in [-0.05, 0) is 36.4 Å². The first-order valence-electron chi connectivity index (χ1n) is 9.33. The molecule has 0 spiro atoms. The molecule has 0 fully saturated rings. The standard InChI is InChI=1S/C21H18N3O7P/c25-19(16-7-1-4-10-22-16)13-29-32(28,30-14-20(26)17-8-2-5-11-23-17)31-15-21(27)18-9-3-6-12-24-18/h1-12H,13-15H2. The van der Waals surface area contributed by atoms with Gasteiger partial charge in [0, 0.05) is 18.6 Å². The van der Waals surface area contributed by atoms with Crippen LogP contribution in [0.5, 0.6) is 0 Å². The number of phosphoric ester groups is 1. The maximum atomic E-state index is 13.0. The lowest BCUT2D eigenvalue weighted by atomic mass is 10.3. The molecule has 0 aliphatic carbocycles. The Labute approximate surface area is 183 Å². The second-order valence-corrected chi connectivity index (χ2v) is 7.85. The summed E-state index contributed by atoms with van der Waals surface area (Å²) in [6, 6.07) is 14.0. The molecule has 0 aliphatic heterocycles. The summed E-state index contributed by atoms with van der Waals surface area (Å²) in [7, 11) is -4.49. The number of phosphoric acid groups is 1. The predicted molar refractivity (Wildman–Crippen MR) is 111 cm³/mol. The Balaban J connectivity index is 1.67.